The number of hydrogen-bond acceptors (Lipinski definition) is 5. The van der Waals surface area contributed by atoms with Crippen molar-refractivity contribution < 1.29 is 36.3 Å². The molecule has 1 atom stereocenters. The third-order valence-electron chi connectivity index (χ3n) is 4.70. The summed E-state index contributed by atoms with van der Waals surface area (Å²) in [6.07, 6.45) is -0.977. The minimum atomic E-state index is -4.81. The number of halogens is 4. The molecule has 0 aliphatic rings. The Morgan fingerprint density at radius 1 is 0.939 bits per heavy atom. The predicted molar refractivity (Wildman–Crippen MR) is 119 cm³/mol. The second kappa shape index (κ2) is 14.2. The average molecular weight is 492 g/mol. The molecule has 0 aliphatic carbocycles. The molecule has 0 aromatic heterocycles. The fourth-order valence-corrected chi connectivity index (χ4v) is 3.45. The summed E-state index contributed by atoms with van der Waals surface area (Å²) < 4.78 is 70.6. The zero-order chi connectivity index (χ0) is 24.1. The molecule has 33 heavy (non-hydrogen) atoms. The first-order valence-corrected chi connectivity index (χ1v) is 11.9. The summed E-state index contributed by atoms with van der Waals surface area (Å²) in [7, 11) is -2.95. The van der Waals surface area contributed by atoms with Gasteiger partial charge in [-0.25, -0.2) is 4.39 Å². The Morgan fingerprint density at radius 2 is 1.67 bits per heavy atom. The molecule has 0 saturated heterocycles. The van der Waals surface area contributed by atoms with E-state index < -0.39 is 14.6 Å². The van der Waals surface area contributed by atoms with Crippen molar-refractivity contribution in [3.05, 3.63) is 59.4 Å². The molecule has 2 aromatic carbocycles. The molecule has 2 aromatic rings. The highest BCUT2D eigenvalue weighted by Crippen LogP contribution is 2.31. The van der Waals surface area contributed by atoms with Crippen LogP contribution in [0.25, 0.3) is 0 Å². The smallest absolute Gasteiger partial charge is 0.404 e. The van der Waals surface area contributed by atoms with Crippen LogP contribution in [-0.2, 0) is 22.1 Å². The van der Waals surface area contributed by atoms with E-state index in [4.69, 9.17) is 4.89 Å². The average Bonchev–Trinajstić information content (AvgIpc) is 2.74. The van der Waals surface area contributed by atoms with Gasteiger partial charge >= 0.3 is 14.6 Å². The van der Waals surface area contributed by atoms with E-state index in [0.717, 1.165) is 31.2 Å². The Labute approximate surface area is 191 Å². The molecule has 0 saturated carbocycles. The number of nitrogens with one attached hydrogen (secondary N) is 2. The van der Waals surface area contributed by atoms with Gasteiger partial charge in [0.2, 0.25) is 0 Å². The molecule has 0 radical (unpaired) electrons. The van der Waals surface area contributed by atoms with Crippen LogP contribution in [0.15, 0.2) is 42.5 Å². The highest BCUT2D eigenvalue weighted by Gasteiger charge is 2.32. The second-order valence-corrected chi connectivity index (χ2v) is 8.21. The van der Waals surface area contributed by atoms with Crippen LogP contribution in [0, 0.1) is 5.82 Å². The van der Waals surface area contributed by atoms with Crippen molar-refractivity contribution in [1.82, 2.24) is 5.32 Å². The first kappa shape index (κ1) is 27.1. The van der Waals surface area contributed by atoms with Crippen molar-refractivity contribution in [2.45, 2.75) is 45.0 Å². The minimum Gasteiger partial charge on any atom is -0.404 e. The zero-order valence-electron chi connectivity index (χ0n) is 18.1. The molecule has 11 heteroatoms. The van der Waals surface area contributed by atoms with Crippen LogP contribution in [0.5, 0.6) is 5.75 Å². The third-order valence-corrected chi connectivity index (χ3v) is 5.15. The summed E-state index contributed by atoms with van der Waals surface area (Å²) in [5.41, 5.74) is 1.91. The maximum absolute atomic E-state index is 12.9. The number of benzene rings is 2. The predicted octanol–water partition coefficient (Wildman–Crippen LogP) is 5.43. The summed E-state index contributed by atoms with van der Waals surface area (Å²) >= 11 is 0. The minimum absolute atomic E-state index is 0.122. The summed E-state index contributed by atoms with van der Waals surface area (Å²) in [6.45, 7) is 1.40. The fourth-order valence-electron chi connectivity index (χ4n) is 3.13. The highest BCUT2D eigenvalue weighted by molar-refractivity contribution is 7.32. The van der Waals surface area contributed by atoms with E-state index in [0.29, 0.717) is 31.6 Å². The van der Waals surface area contributed by atoms with Crippen LogP contribution < -0.4 is 15.4 Å². The van der Waals surface area contributed by atoms with Crippen molar-refractivity contribution in [2.24, 2.45) is 0 Å². The Balaban J connectivity index is 1.78. The standard InChI is InChI=1S/C22H29F4N2O4P/c23-19-9-6-17(7-10-19)5-2-1-3-13-28-20-11-8-18(15-21(20)32-22(24,25)26)16-27-12-4-14-31-33(29)30/h6-11,15,27-28,33H,1-5,12-14,16H2,(H,29,30). The van der Waals surface area contributed by atoms with Crippen molar-refractivity contribution in [2.75, 3.05) is 25.0 Å². The molecular weight excluding hydrogens is 463 g/mol. The van der Waals surface area contributed by atoms with Gasteiger partial charge < -0.3 is 24.8 Å². The van der Waals surface area contributed by atoms with Gasteiger partial charge in [0.05, 0.1) is 12.3 Å². The molecular formula is C22H29F4N2O4P. The lowest BCUT2D eigenvalue weighted by molar-refractivity contribution is -0.274. The van der Waals surface area contributed by atoms with Crippen LogP contribution >= 0.6 is 8.25 Å². The van der Waals surface area contributed by atoms with E-state index in [-0.39, 0.29) is 23.9 Å². The van der Waals surface area contributed by atoms with E-state index in [1.165, 1.54) is 18.2 Å². The topological polar surface area (TPSA) is 79.8 Å². The fraction of sp³-hybridized carbons (Fsp3) is 0.455. The number of alkyl halides is 3. The summed E-state index contributed by atoms with van der Waals surface area (Å²) in [6, 6.07) is 10.9. The molecule has 0 amide bonds. The number of rotatable bonds is 15. The Kier molecular flexibility index (Phi) is 11.7. The second-order valence-electron chi connectivity index (χ2n) is 7.39. The lowest BCUT2D eigenvalue weighted by atomic mass is 10.1. The maximum Gasteiger partial charge on any atom is 0.573 e. The summed E-state index contributed by atoms with van der Waals surface area (Å²) in [4.78, 5) is 8.58. The van der Waals surface area contributed by atoms with Gasteiger partial charge in [-0.2, -0.15) is 0 Å². The van der Waals surface area contributed by atoms with E-state index in [1.54, 1.807) is 24.3 Å². The molecule has 0 spiro atoms. The van der Waals surface area contributed by atoms with E-state index in [1.807, 2.05) is 0 Å². The molecule has 3 N–H and O–H groups in total. The van der Waals surface area contributed by atoms with E-state index in [9.17, 15) is 22.1 Å². The number of ether oxygens (including phenoxy) is 1. The summed E-state index contributed by atoms with van der Waals surface area (Å²) in [5.74, 6) is -0.566. The molecule has 0 fully saturated rings. The lowest BCUT2D eigenvalue weighted by Crippen LogP contribution is -2.19. The van der Waals surface area contributed by atoms with Gasteiger partial charge in [0.1, 0.15) is 5.82 Å². The van der Waals surface area contributed by atoms with Crippen LogP contribution in [0.1, 0.15) is 36.8 Å². The first-order chi connectivity index (χ1) is 15.7. The number of unbranched alkanes of at least 4 members (excludes halogenated alkanes) is 2. The molecule has 0 heterocycles. The number of anilines is 1. The third kappa shape index (κ3) is 12.1. The lowest BCUT2D eigenvalue weighted by Gasteiger charge is -2.16. The molecule has 184 valence electrons. The normalized spacial score (nSPS) is 12.5. The Bertz CT molecular complexity index is 866. The molecule has 6 nitrogen and oxygen atoms in total. The molecule has 0 aliphatic heterocycles. The number of aryl methyl sites for hydroxylation is 1. The summed E-state index contributed by atoms with van der Waals surface area (Å²) in [5, 5.41) is 6.04. The Morgan fingerprint density at radius 3 is 2.36 bits per heavy atom. The zero-order valence-corrected chi connectivity index (χ0v) is 19.1. The number of hydrogen-bond donors (Lipinski definition) is 3. The van der Waals surface area contributed by atoms with Gasteiger partial charge in [-0.3, -0.25) is 4.57 Å². The van der Waals surface area contributed by atoms with Crippen molar-refractivity contribution in [1.29, 1.82) is 0 Å². The van der Waals surface area contributed by atoms with E-state index in [2.05, 4.69) is 19.9 Å². The van der Waals surface area contributed by atoms with Crippen LogP contribution in [0.4, 0.5) is 23.2 Å². The van der Waals surface area contributed by atoms with Crippen LogP contribution in [0.3, 0.4) is 0 Å². The first-order valence-electron chi connectivity index (χ1n) is 10.7. The van der Waals surface area contributed by atoms with Crippen LogP contribution in [0.2, 0.25) is 0 Å². The SMILES string of the molecule is O=[PH](O)OCCCNCc1ccc(NCCCCCc2ccc(F)cc2)c(OC(F)(F)F)c1. The highest BCUT2D eigenvalue weighted by atomic mass is 31.1. The van der Waals surface area contributed by atoms with E-state index >= 15 is 0 Å². The van der Waals surface area contributed by atoms with Gasteiger partial charge in [-0.05, 0) is 67.6 Å². The monoisotopic (exact) mass is 492 g/mol. The maximum atomic E-state index is 12.9. The largest absolute Gasteiger partial charge is 0.573 e. The quantitative estimate of drug-likeness (QED) is 0.175. The van der Waals surface area contributed by atoms with Gasteiger partial charge in [-0.1, -0.05) is 24.6 Å². The van der Waals surface area contributed by atoms with Crippen molar-refractivity contribution >= 4 is 13.9 Å². The van der Waals surface area contributed by atoms with Crippen molar-refractivity contribution in [3.63, 3.8) is 0 Å². The van der Waals surface area contributed by atoms with Gasteiger partial charge in [0, 0.05) is 13.1 Å². The van der Waals surface area contributed by atoms with Gasteiger partial charge in [0.25, 0.3) is 0 Å². The van der Waals surface area contributed by atoms with Crippen molar-refractivity contribution in [3.8, 4) is 5.75 Å². The van der Waals surface area contributed by atoms with Gasteiger partial charge in [0.15, 0.2) is 5.75 Å². The Hall–Kier alpha value is -2.13. The molecule has 0 bridgehead atoms. The molecule has 1 unspecified atom stereocenters. The van der Waals surface area contributed by atoms with Gasteiger partial charge in [-0.15, -0.1) is 13.2 Å². The molecule has 2 rings (SSSR count). The van der Waals surface area contributed by atoms with Crippen LogP contribution in [-0.4, -0.2) is 31.0 Å².